The van der Waals surface area contributed by atoms with E-state index in [0.717, 1.165) is 11.8 Å². The summed E-state index contributed by atoms with van der Waals surface area (Å²) in [6, 6.07) is 13.7. The Morgan fingerprint density at radius 3 is 2.42 bits per heavy atom. The third-order valence-electron chi connectivity index (χ3n) is 4.74. The van der Waals surface area contributed by atoms with Crippen molar-refractivity contribution >= 4 is 11.5 Å². The van der Waals surface area contributed by atoms with Crippen LogP contribution in [0.1, 0.15) is 12.5 Å². The molecular formula is C21H22F2N2O. The number of ketones is 1. The summed E-state index contributed by atoms with van der Waals surface area (Å²) in [5.41, 5.74) is 0.416. The number of halogens is 2. The molecule has 1 saturated heterocycles. The van der Waals surface area contributed by atoms with E-state index in [-0.39, 0.29) is 17.9 Å². The smallest absolute Gasteiger partial charge is 0.174 e. The topological polar surface area (TPSA) is 23.6 Å². The number of nitrogens with zero attached hydrogens (tertiary/aromatic N) is 2. The van der Waals surface area contributed by atoms with Gasteiger partial charge in [-0.3, -0.25) is 4.79 Å². The summed E-state index contributed by atoms with van der Waals surface area (Å²) in [5, 5.41) is 0. The molecule has 1 aliphatic heterocycles. The molecule has 26 heavy (non-hydrogen) atoms. The summed E-state index contributed by atoms with van der Waals surface area (Å²) < 4.78 is 28.4. The quantitative estimate of drug-likeness (QED) is 0.783. The number of hydrogen-bond donors (Lipinski definition) is 0. The highest BCUT2D eigenvalue weighted by molar-refractivity contribution is 6.05. The SMILES string of the molecule is CN(C)C=C1CN(c2ccccc2)CC(C)(c2cccc(F)c2F)C1=O. The molecule has 1 aliphatic rings. The number of piperidine rings is 1. The fourth-order valence-corrected chi connectivity index (χ4v) is 3.51. The second kappa shape index (κ2) is 6.90. The molecule has 0 aliphatic carbocycles. The number of para-hydroxylation sites is 1. The molecular weight excluding hydrogens is 334 g/mol. The van der Waals surface area contributed by atoms with Crippen LogP contribution in [0.5, 0.6) is 0 Å². The van der Waals surface area contributed by atoms with E-state index in [1.165, 1.54) is 12.1 Å². The van der Waals surface area contributed by atoms with Gasteiger partial charge in [-0.05, 0) is 25.1 Å². The average Bonchev–Trinajstić information content (AvgIpc) is 2.61. The van der Waals surface area contributed by atoms with Gasteiger partial charge in [0.1, 0.15) is 0 Å². The molecule has 0 N–H and O–H groups in total. The van der Waals surface area contributed by atoms with E-state index in [4.69, 9.17) is 0 Å². The zero-order chi connectivity index (χ0) is 18.9. The van der Waals surface area contributed by atoms with Crippen molar-refractivity contribution in [2.24, 2.45) is 0 Å². The summed E-state index contributed by atoms with van der Waals surface area (Å²) in [7, 11) is 3.67. The maximum atomic E-state index is 14.5. The molecule has 0 spiro atoms. The monoisotopic (exact) mass is 356 g/mol. The van der Waals surface area contributed by atoms with Gasteiger partial charge in [-0.25, -0.2) is 8.78 Å². The first-order valence-corrected chi connectivity index (χ1v) is 8.49. The molecule has 0 saturated carbocycles. The van der Waals surface area contributed by atoms with Gasteiger partial charge in [0.15, 0.2) is 17.4 Å². The van der Waals surface area contributed by atoms with Gasteiger partial charge in [0, 0.05) is 50.2 Å². The summed E-state index contributed by atoms with van der Waals surface area (Å²) in [6.45, 7) is 2.39. The fourth-order valence-electron chi connectivity index (χ4n) is 3.51. The number of rotatable bonds is 3. The Bertz CT molecular complexity index is 848. The maximum Gasteiger partial charge on any atom is 0.174 e. The molecule has 0 radical (unpaired) electrons. The summed E-state index contributed by atoms with van der Waals surface area (Å²) in [4.78, 5) is 17.0. The van der Waals surface area contributed by atoms with E-state index in [0.29, 0.717) is 12.1 Å². The molecule has 3 rings (SSSR count). The van der Waals surface area contributed by atoms with Crippen LogP contribution in [0.2, 0.25) is 0 Å². The van der Waals surface area contributed by atoms with Crippen molar-refractivity contribution in [3.8, 4) is 0 Å². The van der Waals surface area contributed by atoms with Crippen molar-refractivity contribution in [2.75, 3.05) is 32.1 Å². The number of anilines is 1. The number of carbonyl (C=O) groups excluding carboxylic acids is 1. The van der Waals surface area contributed by atoms with Gasteiger partial charge in [-0.2, -0.15) is 0 Å². The molecule has 0 amide bonds. The van der Waals surface area contributed by atoms with Crippen molar-refractivity contribution in [1.29, 1.82) is 0 Å². The predicted octanol–water partition coefficient (Wildman–Crippen LogP) is 3.76. The number of carbonyl (C=O) groups is 1. The van der Waals surface area contributed by atoms with Gasteiger partial charge in [-0.1, -0.05) is 30.3 Å². The normalized spacial score (nSPS) is 22.0. The number of Topliss-reactive ketones (excluding diaryl/α,β-unsaturated/α-hetero) is 1. The van der Waals surface area contributed by atoms with E-state index in [9.17, 15) is 13.6 Å². The highest BCUT2D eigenvalue weighted by Gasteiger charge is 2.45. The molecule has 0 bridgehead atoms. The van der Waals surface area contributed by atoms with E-state index >= 15 is 0 Å². The molecule has 2 aromatic carbocycles. The van der Waals surface area contributed by atoms with Crippen LogP contribution in [0.4, 0.5) is 14.5 Å². The zero-order valence-electron chi connectivity index (χ0n) is 15.2. The average molecular weight is 356 g/mol. The van der Waals surface area contributed by atoms with Gasteiger partial charge in [0.2, 0.25) is 0 Å². The first-order valence-electron chi connectivity index (χ1n) is 8.49. The van der Waals surface area contributed by atoms with Crippen molar-refractivity contribution in [3.63, 3.8) is 0 Å². The molecule has 3 nitrogen and oxygen atoms in total. The van der Waals surface area contributed by atoms with Crippen molar-refractivity contribution in [3.05, 3.63) is 77.5 Å². The lowest BCUT2D eigenvalue weighted by Crippen LogP contribution is -2.52. The minimum absolute atomic E-state index is 0.0905. The lowest BCUT2D eigenvalue weighted by molar-refractivity contribution is -0.121. The molecule has 1 atom stereocenters. The first-order chi connectivity index (χ1) is 12.3. The lowest BCUT2D eigenvalue weighted by Gasteiger charge is -2.42. The standard InChI is InChI=1S/C21H22F2N2O/c1-21(17-10-7-11-18(22)19(17)23)14-25(16-8-5-4-6-9-16)13-15(20(21)26)12-24(2)3/h4-12H,13-14H2,1-3H3. The van der Waals surface area contributed by atoms with Gasteiger partial charge >= 0.3 is 0 Å². The summed E-state index contributed by atoms with van der Waals surface area (Å²) in [5.74, 6) is -2.07. The zero-order valence-corrected chi connectivity index (χ0v) is 15.2. The molecule has 1 fully saturated rings. The van der Waals surface area contributed by atoms with E-state index in [1.807, 2.05) is 49.3 Å². The second-order valence-electron chi connectivity index (χ2n) is 7.07. The fraction of sp³-hybridized carbons (Fsp3) is 0.286. The highest BCUT2D eigenvalue weighted by atomic mass is 19.2. The summed E-state index contributed by atoms with van der Waals surface area (Å²) in [6.07, 6.45) is 1.76. The van der Waals surface area contributed by atoms with Crippen LogP contribution < -0.4 is 4.90 Å². The number of benzene rings is 2. The Balaban J connectivity index is 2.13. The van der Waals surface area contributed by atoms with Crippen molar-refractivity contribution in [1.82, 2.24) is 4.90 Å². The summed E-state index contributed by atoms with van der Waals surface area (Å²) >= 11 is 0. The van der Waals surface area contributed by atoms with Gasteiger partial charge in [-0.15, -0.1) is 0 Å². The van der Waals surface area contributed by atoms with Crippen LogP contribution in [-0.4, -0.2) is 37.9 Å². The van der Waals surface area contributed by atoms with Gasteiger partial charge in [0.05, 0.1) is 5.41 Å². The van der Waals surface area contributed by atoms with Crippen LogP contribution in [-0.2, 0) is 10.2 Å². The van der Waals surface area contributed by atoms with Crippen LogP contribution in [0.3, 0.4) is 0 Å². The Morgan fingerprint density at radius 1 is 1.08 bits per heavy atom. The Hall–Kier alpha value is -2.69. The Kier molecular flexibility index (Phi) is 4.81. The van der Waals surface area contributed by atoms with E-state index in [2.05, 4.69) is 0 Å². The maximum absolute atomic E-state index is 14.5. The molecule has 1 unspecified atom stereocenters. The third-order valence-corrected chi connectivity index (χ3v) is 4.74. The molecule has 2 aromatic rings. The molecule has 5 heteroatoms. The second-order valence-corrected chi connectivity index (χ2v) is 7.07. The first kappa shape index (κ1) is 18.1. The lowest BCUT2D eigenvalue weighted by atomic mass is 9.72. The largest absolute Gasteiger partial charge is 0.383 e. The van der Waals surface area contributed by atoms with Crippen molar-refractivity contribution < 1.29 is 13.6 Å². The van der Waals surface area contributed by atoms with Crippen LogP contribution in [0.15, 0.2) is 60.3 Å². The highest BCUT2D eigenvalue weighted by Crippen LogP contribution is 2.37. The van der Waals surface area contributed by atoms with Crippen LogP contribution >= 0.6 is 0 Å². The number of hydrogen-bond acceptors (Lipinski definition) is 3. The predicted molar refractivity (Wildman–Crippen MR) is 99.1 cm³/mol. The minimum Gasteiger partial charge on any atom is -0.383 e. The Morgan fingerprint density at radius 2 is 1.77 bits per heavy atom. The van der Waals surface area contributed by atoms with E-state index in [1.54, 1.807) is 18.0 Å². The minimum atomic E-state index is -1.18. The molecule has 1 heterocycles. The van der Waals surface area contributed by atoms with Gasteiger partial charge < -0.3 is 9.80 Å². The van der Waals surface area contributed by atoms with Crippen LogP contribution in [0.25, 0.3) is 0 Å². The van der Waals surface area contributed by atoms with Crippen molar-refractivity contribution in [2.45, 2.75) is 12.3 Å². The molecule has 0 aromatic heterocycles. The van der Waals surface area contributed by atoms with Gasteiger partial charge in [0.25, 0.3) is 0 Å². The third kappa shape index (κ3) is 3.21. The molecule has 136 valence electrons. The Labute approximate surface area is 152 Å². The van der Waals surface area contributed by atoms with E-state index < -0.39 is 17.0 Å². The van der Waals surface area contributed by atoms with Crippen LogP contribution in [0, 0.1) is 11.6 Å².